The largest absolute Gasteiger partial charge is 0.339 e. The van der Waals surface area contributed by atoms with E-state index in [-0.39, 0.29) is 12.2 Å². The Hall–Kier alpha value is -0.840. The van der Waals surface area contributed by atoms with Gasteiger partial charge in [0.25, 0.3) is 0 Å². The van der Waals surface area contributed by atoms with Gasteiger partial charge in [-0.3, -0.25) is 4.79 Å². The van der Waals surface area contributed by atoms with E-state index in [0.29, 0.717) is 18.1 Å². The minimum atomic E-state index is 0.128. The van der Waals surface area contributed by atoms with Crippen molar-refractivity contribution in [2.75, 3.05) is 5.75 Å². The number of Topliss-reactive ketones (excluding diaryl/α,β-unsaturated/α-hetero) is 1. The Balaban J connectivity index is 2.46. The van der Waals surface area contributed by atoms with Crippen LogP contribution in [-0.2, 0) is 17.0 Å². The monoisotopic (exact) mass is 214 g/mol. The lowest BCUT2D eigenvalue weighted by molar-refractivity contribution is -0.118. The molecule has 0 aromatic carbocycles. The van der Waals surface area contributed by atoms with Crippen LogP contribution in [0.15, 0.2) is 4.52 Å². The van der Waals surface area contributed by atoms with E-state index < -0.39 is 0 Å². The maximum absolute atomic E-state index is 11.1. The molecule has 0 aliphatic heterocycles. The van der Waals surface area contributed by atoms with Crippen molar-refractivity contribution >= 4 is 17.5 Å². The first kappa shape index (κ1) is 11.2. The van der Waals surface area contributed by atoms with Crippen LogP contribution in [0, 0.1) is 0 Å². The third-order valence-electron chi connectivity index (χ3n) is 1.69. The predicted molar refractivity (Wildman–Crippen MR) is 55.1 cm³/mol. The predicted octanol–water partition coefficient (Wildman–Crippen LogP) is 1.84. The minimum absolute atomic E-state index is 0.128. The summed E-state index contributed by atoms with van der Waals surface area (Å²) in [6.07, 6.45) is 0.779. The van der Waals surface area contributed by atoms with Crippen molar-refractivity contribution in [3.05, 3.63) is 11.7 Å². The fourth-order valence-electron chi connectivity index (χ4n) is 0.908. The van der Waals surface area contributed by atoms with Crippen LogP contribution < -0.4 is 0 Å². The summed E-state index contributed by atoms with van der Waals surface area (Å²) in [6, 6.07) is 0. The zero-order valence-corrected chi connectivity index (χ0v) is 9.26. The van der Waals surface area contributed by atoms with Crippen LogP contribution in [-0.4, -0.2) is 21.7 Å². The number of hydrogen-bond donors (Lipinski definition) is 0. The van der Waals surface area contributed by atoms with Crippen molar-refractivity contribution in [1.82, 2.24) is 10.1 Å². The molecule has 4 nitrogen and oxygen atoms in total. The molecule has 0 atom stereocenters. The Kier molecular flexibility index (Phi) is 4.65. The molecule has 0 unspecified atom stereocenters. The first-order valence-corrected chi connectivity index (χ1v) is 5.82. The molecule has 78 valence electrons. The Morgan fingerprint density at radius 3 is 2.93 bits per heavy atom. The maximum Gasteiger partial charge on any atom is 0.234 e. The number of aromatic nitrogens is 2. The lowest BCUT2D eigenvalue weighted by Crippen LogP contribution is -2.00. The molecule has 0 aliphatic rings. The molecule has 1 aromatic rings. The Bertz CT molecular complexity index is 299. The molecule has 0 bridgehead atoms. The molecule has 14 heavy (non-hydrogen) atoms. The van der Waals surface area contributed by atoms with Crippen molar-refractivity contribution in [3.63, 3.8) is 0 Å². The van der Waals surface area contributed by atoms with Gasteiger partial charge in [0.15, 0.2) is 5.82 Å². The van der Waals surface area contributed by atoms with Gasteiger partial charge in [-0.1, -0.05) is 19.0 Å². The number of ketones is 1. The van der Waals surface area contributed by atoms with Crippen LogP contribution in [0.2, 0.25) is 0 Å². The Morgan fingerprint density at radius 1 is 1.50 bits per heavy atom. The highest BCUT2D eigenvalue weighted by Crippen LogP contribution is 2.09. The normalized spacial score (nSPS) is 10.4. The van der Waals surface area contributed by atoms with Gasteiger partial charge in [0, 0.05) is 6.42 Å². The summed E-state index contributed by atoms with van der Waals surface area (Å²) in [5.74, 6) is 3.01. The first-order valence-electron chi connectivity index (χ1n) is 4.67. The molecule has 1 aromatic heterocycles. The molecule has 0 aliphatic carbocycles. The number of nitrogens with zero attached hydrogens (tertiary/aromatic N) is 2. The molecule has 0 spiro atoms. The molecule has 0 saturated carbocycles. The molecule has 5 heteroatoms. The van der Waals surface area contributed by atoms with E-state index in [1.807, 2.05) is 6.92 Å². The second kappa shape index (κ2) is 5.80. The number of hydrogen-bond acceptors (Lipinski definition) is 5. The van der Waals surface area contributed by atoms with Crippen molar-refractivity contribution in [3.8, 4) is 0 Å². The van der Waals surface area contributed by atoms with Gasteiger partial charge in [-0.2, -0.15) is 16.7 Å². The standard InChI is InChI=1S/C9H14N2O2S/c1-3-7(12)5-9-10-8(11-13-9)6-14-4-2/h3-6H2,1-2H3. The maximum atomic E-state index is 11.1. The van der Waals surface area contributed by atoms with Gasteiger partial charge in [0.1, 0.15) is 5.78 Å². The summed E-state index contributed by atoms with van der Waals surface area (Å²) in [4.78, 5) is 15.2. The van der Waals surface area contributed by atoms with Crippen LogP contribution in [0.4, 0.5) is 0 Å². The summed E-state index contributed by atoms with van der Waals surface area (Å²) < 4.78 is 4.94. The van der Waals surface area contributed by atoms with E-state index in [1.54, 1.807) is 11.8 Å². The zero-order chi connectivity index (χ0) is 10.4. The molecule has 0 fully saturated rings. The van der Waals surface area contributed by atoms with E-state index in [1.165, 1.54) is 0 Å². The highest BCUT2D eigenvalue weighted by molar-refractivity contribution is 7.98. The average molecular weight is 214 g/mol. The van der Waals surface area contributed by atoms with Gasteiger partial charge in [-0.25, -0.2) is 0 Å². The number of thioether (sulfide) groups is 1. The van der Waals surface area contributed by atoms with Gasteiger partial charge < -0.3 is 4.52 Å². The lowest BCUT2D eigenvalue weighted by Gasteiger charge is -1.89. The minimum Gasteiger partial charge on any atom is -0.339 e. The zero-order valence-electron chi connectivity index (χ0n) is 8.45. The van der Waals surface area contributed by atoms with E-state index in [4.69, 9.17) is 4.52 Å². The number of carbonyl (C=O) groups excluding carboxylic acids is 1. The topological polar surface area (TPSA) is 56.0 Å². The number of rotatable bonds is 6. The van der Waals surface area contributed by atoms with Gasteiger partial charge in [0.05, 0.1) is 12.2 Å². The molecule has 0 saturated heterocycles. The summed E-state index contributed by atoms with van der Waals surface area (Å²) in [7, 11) is 0. The van der Waals surface area contributed by atoms with Crippen LogP contribution in [0.5, 0.6) is 0 Å². The summed E-state index contributed by atoms with van der Waals surface area (Å²) in [5, 5.41) is 3.78. The van der Waals surface area contributed by atoms with E-state index >= 15 is 0 Å². The SMILES string of the molecule is CCSCc1noc(CC(=O)CC)n1. The highest BCUT2D eigenvalue weighted by atomic mass is 32.2. The van der Waals surface area contributed by atoms with Gasteiger partial charge in [-0.15, -0.1) is 0 Å². The molecule has 0 amide bonds. The first-order chi connectivity index (χ1) is 6.76. The van der Waals surface area contributed by atoms with Gasteiger partial charge in [0.2, 0.25) is 5.89 Å². The second-order valence-corrected chi connectivity index (χ2v) is 4.08. The highest BCUT2D eigenvalue weighted by Gasteiger charge is 2.09. The van der Waals surface area contributed by atoms with Gasteiger partial charge in [-0.05, 0) is 5.75 Å². The summed E-state index contributed by atoms with van der Waals surface area (Å²) in [5.41, 5.74) is 0. The quantitative estimate of drug-likeness (QED) is 0.723. The Labute approximate surface area is 87.5 Å². The van der Waals surface area contributed by atoms with Crippen molar-refractivity contribution in [2.24, 2.45) is 0 Å². The fraction of sp³-hybridized carbons (Fsp3) is 0.667. The molecule has 1 heterocycles. The van der Waals surface area contributed by atoms with E-state index in [0.717, 1.165) is 11.5 Å². The smallest absolute Gasteiger partial charge is 0.234 e. The van der Waals surface area contributed by atoms with Crippen molar-refractivity contribution in [1.29, 1.82) is 0 Å². The van der Waals surface area contributed by atoms with Crippen LogP contribution >= 0.6 is 11.8 Å². The molecule has 0 N–H and O–H groups in total. The van der Waals surface area contributed by atoms with Crippen molar-refractivity contribution in [2.45, 2.75) is 32.4 Å². The summed E-state index contributed by atoms with van der Waals surface area (Å²) >= 11 is 1.73. The van der Waals surface area contributed by atoms with Crippen molar-refractivity contribution < 1.29 is 9.32 Å². The molecular weight excluding hydrogens is 200 g/mol. The number of carbonyl (C=O) groups is 1. The van der Waals surface area contributed by atoms with Crippen LogP contribution in [0.25, 0.3) is 0 Å². The third-order valence-corrected chi connectivity index (χ3v) is 2.56. The Morgan fingerprint density at radius 2 is 2.29 bits per heavy atom. The summed E-state index contributed by atoms with van der Waals surface area (Å²) in [6.45, 7) is 3.90. The van der Waals surface area contributed by atoms with E-state index in [2.05, 4.69) is 17.1 Å². The molecule has 0 radical (unpaired) electrons. The molecular formula is C9H14N2O2S. The fourth-order valence-corrected chi connectivity index (χ4v) is 1.41. The second-order valence-electron chi connectivity index (χ2n) is 2.81. The average Bonchev–Trinajstić information content (AvgIpc) is 2.62. The lowest BCUT2D eigenvalue weighted by atomic mass is 10.2. The third kappa shape index (κ3) is 3.49. The van der Waals surface area contributed by atoms with Gasteiger partial charge >= 0.3 is 0 Å². The van der Waals surface area contributed by atoms with E-state index in [9.17, 15) is 4.79 Å². The van der Waals surface area contributed by atoms with Crippen LogP contribution in [0.3, 0.4) is 0 Å². The van der Waals surface area contributed by atoms with Crippen LogP contribution in [0.1, 0.15) is 32.0 Å². The molecule has 1 rings (SSSR count).